The Morgan fingerprint density at radius 1 is 1.13 bits per heavy atom. The highest BCUT2D eigenvalue weighted by Gasteiger charge is 2.14. The molecule has 23 heavy (non-hydrogen) atoms. The number of aromatic amines is 1. The number of nitrogens with one attached hydrogen (secondary N) is 1. The highest BCUT2D eigenvalue weighted by atomic mass is 79.9. The van der Waals surface area contributed by atoms with E-state index in [9.17, 15) is 9.90 Å². The highest BCUT2D eigenvalue weighted by Crippen LogP contribution is 2.38. The first-order chi connectivity index (χ1) is 11.0. The number of nitrogens with zero attached hydrogens (tertiary/aromatic N) is 2. The number of benzene rings is 2. The van der Waals surface area contributed by atoms with Gasteiger partial charge >= 0.3 is 0 Å². The van der Waals surface area contributed by atoms with Gasteiger partial charge in [-0.1, -0.05) is 31.9 Å². The van der Waals surface area contributed by atoms with Crippen molar-refractivity contribution in [3.8, 4) is 5.88 Å². The molecular weight excluding hydrogens is 426 g/mol. The van der Waals surface area contributed by atoms with E-state index in [0.29, 0.717) is 10.9 Å². The van der Waals surface area contributed by atoms with Gasteiger partial charge in [0, 0.05) is 19.9 Å². The van der Waals surface area contributed by atoms with Crippen molar-refractivity contribution in [2.75, 3.05) is 0 Å². The highest BCUT2D eigenvalue weighted by molar-refractivity contribution is 9.10. The van der Waals surface area contributed by atoms with Crippen molar-refractivity contribution in [2.24, 2.45) is 10.2 Å². The summed E-state index contributed by atoms with van der Waals surface area (Å²) in [5, 5.41) is 18.4. The van der Waals surface area contributed by atoms with Gasteiger partial charge in [-0.25, -0.2) is 0 Å². The number of azo groups is 1. The minimum absolute atomic E-state index is 0.117. The molecule has 1 aromatic heterocycles. The first-order valence-corrected chi connectivity index (χ1v) is 8.26. The van der Waals surface area contributed by atoms with Gasteiger partial charge < -0.3 is 10.1 Å². The number of aromatic hydroxyl groups is 1. The smallest absolute Gasteiger partial charge is 0.295 e. The molecule has 0 unspecified atom stereocenters. The predicted octanol–water partition coefficient (Wildman–Crippen LogP) is 5.63. The minimum Gasteiger partial charge on any atom is -0.493 e. The van der Waals surface area contributed by atoms with Crippen LogP contribution in [0.4, 0.5) is 5.69 Å². The van der Waals surface area contributed by atoms with Crippen molar-refractivity contribution in [3.63, 3.8) is 0 Å². The first-order valence-electron chi connectivity index (χ1n) is 6.68. The van der Waals surface area contributed by atoms with Crippen molar-refractivity contribution >= 4 is 54.4 Å². The molecule has 5 nitrogen and oxygen atoms in total. The van der Waals surface area contributed by atoms with Crippen molar-refractivity contribution in [3.05, 3.63) is 56.5 Å². The zero-order chi connectivity index (χ0) is 16.6. The maximum absolute atomic E-state index is 12.1. The Bertz CT molecular complexity index is 931. The Hall–Kier alpha value is -1.99. The number of hydrogen-bond acceptors (Lipinski definition) is 3. The van der Waals surface area contributed by atoms with Crippen LogP contribution in [0.25, 0.3) is 10.9 Å². The summed E-state index contributed by atoms with van der Waals surface area (Å²) in [4.78, 5) is 14.9. The van der Waals surface area contributed by atoms with Crippen LogP contribution in [0, 0.1) is 6.92 Å². The van der Waals surface area contributed by atoms with Crippen LogP contribution in [0.1, 0.15) is 15.9 Å². The number of rotatable bonds is 2. The Morgan fingerprint density at radius 2 is 1.83 bits per heavy atom. The van der Waals surface area contributed by atoms with Crippen LogP contribution in [0.5, 0.6) is 5.88 Å². The largest absolute Gasteiger partial charge is 0.493 e. The number of H-pyrrole nitrogens is 1. The van der Waals surface area contributed by atoms with E-state index in [1.54, 1.807) is 24.3 Å². The van der Waals surface area contributed by atoms with Crippen LogP contribution in [-0.4, -0.2) is 16.0 Å². The Kier molecular flexibility index (Phi) is 4.32. The van der Waals surface area contributed by atoms with Crippen LogP contribution in [0.15, 0.2) is 55.6 Å². The Labute approximate surface area is 148 Å². The van der Waals surface area contributed by atoms with E-state index in [1.165, 1.54) is 0 Å². The summed E-state index contributed by atoms with van der Waals surface area (Å²) in [6.07, 6.45) is 0. The zero-order valence-electron chi connectivity index (χ0n) is 12.0. The fourth-order valence-electron chi connectivity index (χ4n) is 2.25. The molecule has 7 heteroatoms. The monoisotopic (exact) mass is 435 g/mol. The number of hydrogen-bond donors (Lipinski definition) is 2. The van der Waals surface area contributed by atoms with Gasteiger partial charge in [0.15, 0.2) is 5.69 Å². The summed E-state index contributed by atoms with van der Waals surface area (Å²) >= 11 is 6.72. The molecule has 0 spiro atoms. The second kappa shape index (κ2) is 6.25. The number of aromatic nitrogens is 1. The summed E-state index contributed by atoms with van der Waals surface area (Å²) < 4.78 is 1.73. The van der Waals surface area contributed by atoms with Gasteiger partial charge in [0.2, 0.25) is 5.88 Å². The summed E-state index contributed by atoms with van der Waals surface area (Å²) in [7, 11) is 0. The third kappa shape index (κ3) is 3.20. The van der Waals surface area contributed by atoms with Crippen LogP contribution in [-0.2, 0) is 0 Å². The van der Waals surface area contributed by atoms with E-state index in [1.807, 2.05) is 19.1 Å². The zero-order valence-corrected chi connectivity index (χ0v) is 15.1. The second-order valence-corrected chi connectivity index (χ2v) is 6.81. The molecule has 2 N–H and O–H groups in total. The molecule has 0 bridgehead atoms. The predicted molar refractivity (Wildman–Crippen MR) is 95.4 cm³/mol. The lowest BCUT2D eigenvalue weighted by atomic mass is 10.1. The molecule has 0 aliphatic rings. The van der Waals surface area contributed by atoms with E-state index < -0.39 is 5.91 Å². The van der Waals surface area contributed by atoms with Crippen molar-refractivity contribution < 1.29 is 9.90 Å². The SMILES string of the molecule is Cc1cc(Br)cc2c(N=NC(=O)c3ccc(Br)cc3)c(O)[nH]c12. The maximum atomic E-state index is 12.1. The van der Waals surface area contributed by atoms with Gasteiger partial charge in [0.25, 0.3) is 5.91 Å². The lowest BCUT2D eigenvalue weighted by Gasteiger charge is -1.98. The van der Waals surface area contributed by atoms with Gasteiger partial charge in [-0.15, -0.1) is 10.2 Å². The first kappa shape index (κ1) is 15.9. The average Bonchev–Trinajstić information content (AvgIpc) is 2.82. The molecule has 0 saturated heterocycles. The molecule has 0 radical (unpaired) electrons. The van der Waals surface area contributed by atoms with E-state index in [4.69, 9.17) is 0 Å². The molecule has 0 aliphatic carbocycles. The fourth-order valence-corrected chi connectivity index (χ4v) is 3.08. The van der Waals surface area contributed by atoms with Crippen LogP contribution >= 0.6 is 31.9 Å². The molecule has 1 amide bonds. The maximum Gasteiger partial charge on any atom is 0.295 e. The molecule has 0 aliphatic heterocycles. The normalized spacial score (nSPS) is 11.4. The summed E-state index contributed by atoms with van der Waals surface area (Å²) in [5.74, 6) is -0.591. The third-order valence-corrected chi connectivity index (χ3v) is 4.34. The molecule has 0 saturated carbocycles. The van der Waals surface area contributed by atoms with Crippen molar-refractivity contribution in [2.45, 2.75) is 6.92 Å². The number of carbonyl (C=O) groups excluding carboxylic acids is 1. The van der Waals surface area contributed by atoms with E-state index >= 15 is 0 Å². The average molecular weight is 437 g/mol. The topological polar surface area (TPSA) is 77.8 Å². The van der Waals surface area contributed by atoms with Crippen LogP contribution in [0.3, 0.4) is 0 Å². The van der Waals surface area contributed by atoms with Gasteiger partial charge in [-0.3, -0.25) is 4.79 Å². The Balaban J connectivity index is 1.99. The Morgan fingerprint density at radius 3 is 2.52 bits per heavy atom. The van der Waals surface area contributed by atoms with Crippen LogP contribution < -0.4 is 0 Å². The lowest BCUT2D eigenvalue weighted by molar-refractivity contribution is 0.0995. The third-order valence-electron chi connectivity index (χ3n) is 3.36. The summed E-state index contributed by atoms with van der Waals surface area (Å²) in [6.45, 7) is 1.91. The second-order valence-electron chi connectivity index (χ2n) is 4.98. The summed E-state index contributed by atoms with van der Waals surface area (Å²) in [5.41, 5.74) is 2.38. The van der Waals surface area contributed by atoms with E-state index in [2.05, 4.69) is 47.1 Å². The molecule has 0 atom stereocenters. The standard InChI is InChI=1S/C16H11Br2N3O2/c1-8-6-11(18)7-12-13(8)19-16(23)14(12)20-21-15(22)9-2-4-10(17)5-3-9/h2-7,19,23H,1H3. The molecular formula is C16H11Br2N3O2. The molecule has 116 valence electrons. The van der Waals surface area contributed by atoms with Crippen molar-refractivity contribution in [1.29, 1.82) is 0 Å². The molecule has 2 aromatic carbocycles. The van der Waals surface area contributed by atoms with E-state index in [0.717, 1.165) is 20.0 Å². The summed E-state index contributed by atoms with van der Waals surface area (Å²) in [6, 6.07) is 10.6. The van der Waals surface area contributed by atoms with Gasteiger partial charge in [0.05, 0.1) is 5.52 Å². The van der Waals surface area contributed by atoms with Gasteiger partial charge in [-0.05, 0) is 48.9 Å². The van der Waals surface area contributed by atoms with E-state index in [-0.39, 0.29) is 11.6 Å². The number of aryl methyl sites for hydroxylation is 1. The number of fused-ring (bicyclic) bond motifs is 1. The molecule has 0 fully saturated rings. The van der Waals surface area contributed by atoms with Gasteiger partial charge in [-0.2, -0.15) is 0 Å². The number of carbonyl (C=O) groups is 1. The molecule has 3 aromatic rings. The lowest BCUT2D eigenvalue weighted by Crippen LogP contribution is -1.92. The van der Waals surface area contributed by atoms with Crippen LogP contribution in [0.2, 0.25) is 0 Å². The molecule has 1 heterocycles. The minimum atomic E-state index is -0.474. The van der Waals surface area contributed by atoms with Crippen molar-refractivity contribution in [1.82, 2.24) is 4.98 Å². The quantitative estimate of drug-likeness (QED) is 0.510. The molecule has 3 rings (SSSR count). The fraction of sp³-hybridized carbons (Fsp3) is 0.0625. The number of amides is 1. The van der Waals surface area contributed by atoms with Gasteiger partial charge in [0.1, 0.15) is 0 Å². The number of halogens is 2.